The predicted octanol–water partition coefficient (Wildman–Crippen LogP) is 2.19. The van der Waals surface area contributed by atoms with Gasteiger partial charge in [0.15, 0.2) is 0 Å². The molecule has 2 atom stereocenters. The highest BCUT2D eigenvalue weighted by Gasteiger charge is 2.43. The van der Waals surface area contributed by atoms with Crippen molar-refractivity contribution in [1.29, 1.82) is 0 Å². The lowest BCUT2D eigenvalue weighted by Crippen LogP contribution is -2.43. The monoisotopic (exact) mass is 430 g/mol. The zero-order valence-electron chi connectivity index (χ0n) is 14.8. The van der Waals surface area contributed by atoms with Crippen LogP contribution in [0.1, 0.15) is 6.42 Å². The molecule has 0 aliphatic carbocycles. The number of carbonyl (C=O) groups is 1. The molecule has 156 valence electrons. The van der Waals surface area contributed by atoms with E-state index in [0.29, 0.717) is 0 Å². The molecular weight excluding hydrogens is 413 g/mol. The number of sulfonamides is 1. The number of hydrogen-bond donors (Lipinski definition) is 2. The summed E-state index contributed by atoms with van der Waals surface area (Å²) >= 11 is 0. The Morgan fingerprint density at radius 1 is 1.14 bits per heavy atom. The maximum absolute atomic E-state index is 13.1. The Kier molecular flexibility index (Phi) is 6.10. The molecule has 1 fully saturated rings. The van der Waals surface area contributed by atoms with Crippen LogP contribution < -0.4 is 10.1 Å². The molecule has 1 heterocycles. The van der Waals surface area contributed by atoms with Crippen molar-refractivity contribution in [3.8, 4) is 5.75 Å². The molecule has 0 bridgehead atoms. The van der Waals surface area contributed by atoms with Gasteiger partial charge >= 0.3 is 6.61 Å². The van der Waals surface area contributed by atoms with Crippen molar-refractivity contribution in [1.82, 2.24) is 4.31 Å². The summed E-state index contributed by atoms with van der Waals surface area (Å²) in [6, 6.07) is 8.00. The first-order valence-electron chi connectivity index (χ1n) is 8.48. The summed E-state index contributed by atoms with van der Waals surface area (Å²) in [5.74, 6) is -1.41. The van der Waals surface area contributed by atoms with Gasteiger partial charge in [0.2, 0.25) is 15.9 Å². The first-order valence-corrected chi connectivity index (χ1v) is 9.92. The SMILES string of the molecule is O=C(Nc1ccc(OC(F)F)cc1)[C@@H]1C[C@@H](O)CN1S(=O)(=O)c1ccc(F)cc1. The van der Waals surface area contributed by atoms with Crippen LogP contribution in [0.5, 0.6) is 5.75 Å². The Bertz CT molecular complexity index is 968. The summed E-state index contributed by atoms with van der Waals surface area (Å²) in [6.07, 6.45) is -1.18. The number of carbonyl (C=O) groups excluding carboxylic acids is 1. The van der Waals surface area contributed by atoms with E-state index in [9.17, 15) is 31.5 Å². The largest absolute Gasteiger partial charge is 0.435 e. The second-order valence-corrected chi connectivity index (χ2v) is 8.22. The number of β-amino-alcohol motifs (C(OH)–C–C–N with tert-alkyl or cyclic N) is 1. The second kappa shape index (κ2) is 8.39. The van der Waals surface area contributed by atoms with Gasteiger partial charge in [-0.1, -0.05) is 0 Å². The molecule has 2 aromatic carbocycles. The Morgan fingerprint density at radius 3 is 2.34 bits per heavy atom. The first-order chi connectivity index (χ1) is 13.7. The zero-order chi connectivity index (χ0) is 21.2. The van der Waals surface area contributed by atoms with E-state index in [2.05, 4.69) is 10.1 Å². The van der Waals surface area contributed by atoms with Crippen molar-refractivity contribution in [2.24, 2.45) is 0 Å². The first kappa shape index (κ1) is 21.1. The molecule has 1 aliphatic rings. The van der Waals surface area contributed by atoms with E-state index in [4.69, 9.17) is 0 Å². The van der Waals surface area contributed by atoms with Gasteiger partial charge in [-0.2, -0.15) is 13.1 Å². The minimum Gasteiger partial charge on any atom is -0.435 e. The third-order valence-electron chi connectivity index (χ3n) is 4.30. The predicted molar refractivity (Wildman–Crippen MR) is 96.4 cm³/mol. The minimum atomic E-state index is -4.15. The van der Waals surface area contributed by atoms with E-state index >= 15 is 0 Å². The fourth-order valence-corrected chi connectivity index (χ4v) is 4.61. The van der Waals surface area contributed by atoms with Crippen LogP contribution in [0.4, 0.5) is 18.9 Å². The molecule has 2 N–H and O–H groups in total. The summed E-state index contributed by atoms with van der Waals surface area (Å²) < 4.78 is 68.2. The number of anilines is 1. The average Bonchev–Trinajstić information content (AvgIpc) is 3.06. The number of amides is 1. The molecule has 1 saturated heterocycles. The third kappa shape index (κ3) is 4.86. The van der Waals surface area contributed by atoms with Crippen LogP contribution in [0, 0.1) is 5.82 Å². The molecule has 2 aromatic rings. The third-order valence-corrected chi connectivity index (χ3v) is 6.19. The van der Waals surface area contributed by atoms with Crippen molar-refractivity contribution in [2.45, 2.75) is 30.1 Å². The molecule has 29 heavy (non-hydrogen) atoms. The van der Waals surface area contributed by atoms with E-state index < -0.39 is 40.5 Å². The average molecular weight is 430 g/mol. The van der Waals surface area contributed by atoms with Crippen molar-refractivity contribution >= 4 is 21.6 Å². The quantitative estimate of drug-likeness (QED) is 0.733. The summed E-state index contributed by atoms with van der Waals surface area (Å²) in [5, 5.41) is 12.4. The molecule has 0 unspecified atom stereocenters. The smallest absolute Gasteiger partial charge is 0.387 e. The van der Waals surface area contributed by atoms with Crippen molar-refractivity contribution in [3.05, 3.63) is 54.3 Å². The maximum atomic E-state index is 13.1. The van der Waals surface area contributed by atoms with Gasteiger partial charge in [-0.15, -0.1) is 0 Å². The number of ether oxygens (including phenoxy) is 1. The van der Waals surface area contributed by atoms with Gasteiger partial charge in [0.1, 0.15) is 17.6 Å². The maximum Gasteiger partial charge on any atom is 0.387 e. The lowest BCUT2D eigenvalue weighted by atomic mass is 10.2. The second-order valence-electron chi connectivity index (χ2n) is 6.33. The molecular formula is C18H17F3N2O5S. The van der Waals surface area contributed by atoms with E-state index in [1.54, 1.807) is 0 Å². The van der Waals surface area contributed by atoms with Crippen LogP contribution in [-0.4, -0.2) is 49.0 Å². The molecule has 1 amide bonds. The Labute approximate surface area is 164 Å². The summed E-state index contributed by atoms with van der Waals surface area (Å²) in [4.78, 5) is 12.4. The van der Waals surface area contributed by atoms with Crippen LogP contribution in [0.2, 0.25) is 0 Å². The van der Waals surface area contributed by atoms with E-state index in [1.807, 2.05) is 0 Å². The summed E-state index contributed by atoms with van der Waals surface area (Å²) in [6.45, 7) is -3.28. The van der Waals surface area contributed by atoms with E-state index in [0.717, 1.165) is 28.6 Å². The molecule has 7 nitrogen and oxygen atoms in total. The Morgan fingerprint density at radius 2 is 1.76 bits per heavy atom. The minimum absolute atomic E-state index is 0.102. The number of halogens is 3. The molecule has 0 radical (unpaired) electrons. The number of rotatable bonds is 6. The van der Waals surface area contributed by atoms with Gasteiger partial charge in [-0.25, -0.2) is 12.8 Å². The number of aliphatic hydroxyl groups excluding tert-OH is 1. The number of nitrogens with zero attached hydrogens (tertiary/aromatic N) is 1. The highest BCUT2D eigenvalue weighted by Crippen LogP contribution is 2.28. The number of alkyl halides is 2. The van der Waals surface area contributed by atoms with Crippen molar-refractivity contribution in [2.75, 3.05) is 11.9 Å². The standard InChI is InChI=1S/C18H17F3N2O5S/c19-11-1-7-15(8-2-11)29(26,27)23-10-13(24)9-16(23)17(25)22-12-3-5-14(6-4-12)28-18(20)21/h1-8,13,16,18,24H,9-10H2,(H,22,25)/t13-,16+/m1/s1. The van der Waals surface area contributed by atoms with Gasteiger partial charge < -0.3 is 15.2 Å². The van der Waals surface area contributed by atoms with Gasteiger partial charge in [0.05, 0.1) is 11.0 Å². The topological polar surface area (TPSA) is 95.9 Å². The Balaban J connectivity index is 1.77. The highest BCUT2D eigenvalue weighted by molar-refractivity contribution is 7.89. The lowest BCUT2D eigenvalue weighted by Gasteiger charge is -2.23. The molecule has 0 spiro atoms. The van der Waals surface area contributed by atoms with Crippen LogP contribution in [-0.2, 0) is 14.8 Å². The van der Waals surface area contributed by atoms with Crippen molar-refractivity contribution < 1.29 is 36.2 Å². The van der Waals surface area contributed by atoms with Crippen LogP contribution in [0.3, 0.4) is 0 Å². The summed E-state index contributed by atoms with van der Waals surface area (Å²) in [5.41, 5.74) is 0.233. The van der Waals surface area contributed by atoms with E-state index in [1.165, 1.54) is 24.3 Å². The fourth-order valence-electron chi connectivity index (χ4n) is 2.98. The number of aliphatic hydroxyl groups is 1. The van der Waals surface area contributed by atoms with Gasteiger partial charge in [-0.05, 0) is 48.5 Å². The normalized spacial score (nSPS) is 20.0. The number of nitrogens with one attached hydrogen (secondary N) is 1. The van der Waals surface area contributed by atoms with Crippen molar-refractivity contribution in [3.63, 3.8) is 0 Å². The fraction of sp³-hybridized carbons (Fsp3) is 0.278. The number of benzene rings is 2. The zero-order valence-corrected chi connectivity index (χ0v) is 15.7. The Hall–Kier alpha value is -2.63. The molecule has 3 rings (SSSR count). The van der Waals surface area contributed by atoms with Crippen LogP contribution in [0.25, 0.3) is 0 Å². The molecule has 0 saturated carbocycles. The highest BCUT2D eigenvalue weighted by atomic mass is 32.2. The van der Waals surface area contributed by atoms with E-state index in [-0.39, 0.29) is 29.3 Å². The lowest BCUT2D eigenvalue weighted by molar-refractivity contribution is -0.119. The molecule has 1 aliphatic heterocycles. The van der Waals surface area contributed by atoms with Gasteiger partial charge in [0, 0.05) is 18.7 Å². The number of hydrogen-bond acceptors (Lipinski definition) is 5. The molecule has 11 heteroatoms. The molecule has 0 aromatic heterocycles. The van der Waals surface area contributed by atoms with Gasteiger partial charge in [-0.3, -0.25) is 4.79 Å². The summed E-state index contributed by atoms with van der Waals surface area (Å²) in [7, 11) is -4.15. The van der Waals surface area contributed by atoms with Gasteiger partial charge in [0.25, 0.3) is 0 Å². The van der Waals surface area contributed by atoms with Crippen LogP contribution in [0.15, 0.2) is 53.4 Å². The van der Waals surface area contributed by atoms with Crippen LogP contribution >= 0.6 is 0 Å².